The van der Waals surface area contributed by atoms with E-state index in [2.05, 4.69) is 30.3 Å². The van der Waals surface area contributed by atoms with Crippen molar-refractivity contribution in [3.63, 3.8) is 0 Å². The molecule has 0 spiro atoms. The molecule has 2 heteroatoms. The van der Waals surface area contributed by atoms with Gasteiger partial charge in [0, 0.05) is 0 Å². The Morgan fingerprint density at radius 3 is 2.23 bits per heavy atom. The van der Waals surface area contributed by atoms with E-state index in [9.17, 15) is 0 Å². The third-order valence-electron chi connectivity index (χ3n) is 2.01. The first kappa shape index (κ1) is 12.1. The lowest BCUT2D eigenvalue weighted by Crippen LogP contribution is -1.98. The maximum atomic E-state index is 5.41. The fraction of sp³-hybridized carbons (Fsp3) is 0.455. The van der Waals surface area contributed by atoms with Crippen LogP contribution in [0.15, 0.2) is 30.3 Å². The molecule has 5 N–H and O–H groups in total. The summed E-state index contributed by atoms with van der Waals surface area (Å²) in [5, 5.41) is 0. The SMILES string of the molecule is N.NCCCCCc1ccccc1. The highest BCUT2D eigenvalue weighted by atomic mass is 14.5. The van der Waals surface area contributed by atoms with Crippen molar-refractivity contribution in [2.24, 2.45) is 5.73 Å². The number of unbranched alkanes of at least 4 members (excludes halogenated alkanes) is 2. The van der Waals surface area contributed by atoms with Gasteiger partial charge in [0.2, 0.25) is 0 Å². The molecule has 0 saturated carbocycles. The molecule has 1 rings (SSSR count). The van der Waals surface area contributed by atoms with Crippen LogP contribution in [0.1, 0.15) is 24.8 Å². The molecule has 0 heterocycles. The van der Waals surface area contributed by atoms with Crippen LogP contribution < -0.4 is 11.9 Å². The van der Waals surface area contributed by atoms with E-state index in [1.54, 1.807) is 0 Å². The summed E-state index contributed by atoms with van der Waals surface area (Å²) < 4.78 is 0. The fourth-order valence-corrected chi connectivity index (χ4v) is 1.29. The number of aryl methyl sites for hydroxylation is 1. The number of rotatable bonds is 5. The van der Waals surface area contributed by atoms with E-state index in [1.807, 2.05) is 0 Å². The van der Waals surface area contributed by atoms with Crippen LogP contribution in [-0.4, -0.2) is 6.54 Å². The van der Waals surface area contributed by atoms with E-state index in [4.69, 9.17) is 5.73 Å². The highest BCUT2D eigenvalue weighted by Gasteiger charge is 1.90. The Balaban J connectivity index is 0.00000144. The van der Waals surface area contributed by atoms with Gasteiger partial charge in [0.05, 0.1) is 0 Å². The molecule has 0 aliphatic rings. The predicted octanol–water partition coefficient (Wildman–Crippen LogP) is 2.52. The first-order valence-electron chi connectivity index (χ1n) is 4.67. The normalized spacial score (nSPS) is 9.31. The lowest BCUT2D eigenvalue weighted by molar-refractivity contribution is 0.686. The molecule has 1 aromatic carbocycles. The van der Waals surface area contributed by atoms with Gasteiger partial charge < -0.3 is 11.9 Å². The topological polar surface area (TPSA) is 61.0 Å². The third-order valence-corrected chi connectivity index (χ3v) is 2.01. The predicted molar refractivity (Wildman–Crippen MR) is 58.1 cm³/mol. The summed E-state index contributed by atoms with van der Waals surface area (Å²) in [5.74, 6) is 0. The van der Waals surface area contributed by atoms with Gasteiger partial charge in [-0.25, -0.2) is 0 Å². The molecule has 0 aliphatic heterocycles. The fourth-order valence-electron chi connectivity index (χ4n) is 1.29. The molecule has 0 aromatic heterocycles. The first-order chi connectivity index (χ1) is 5.93. The molecule has 0 fully saturated rings. The minimum absolute atomic E-state index is 0. The number of hydrogen-bond donors (Lipinski definition) is 2. The number of benzene rings is 1. The maximum Gasteiger partial charge on any atom is -0.00773 e. The minimum atomic E-state index is 0. The molecule has 0 radical (unpaired) electrons. The van der Waals surface area contributed by atoms with Gasteiger partial charge >= 0.3 is 0 Å². The van der Waals surface area contributed by atoms with E-state index in [1.165, 1.54) is 24.8 Å². The highest BCUT2D eigenvalue weighted by molar-refractivity contribution is 5.14. The average Bonchev–Trinajstić information content (AvgIpc) is 2.14. The molecule has 0 amide bonds. The van der Waals surface area contributed by atoms with Crippen LogP contribution in [0.5, 0.6) is 0 Å². The molecule has 0 atom stereocenters. The van der Waals surface area contributed by atoms with Crippen LogP contribution in [-0.2, 0) is 6.42 Å². The quantitative estimate of drug-likeness (QED) is 0.684. The zero-order chi connectivity index (χ0) is 8.65. The van der Waals surface area contributed by atoms with Crippen molar-refractivity contribution in [3.05, 3.63) is 35.9 Å². The van der Waals surface area contributed by atoms with Gasteiger partial charge in [-0.3, -0.25) is 0 Å². The van der Waals surface area contributed by atoms with Crippen LogP contribution in [0.3, 0.4) is 0 Å². The first-order valence-corrected chi connectivity index (χ1v) is 4.67. The molecule has 13 heavy (non-hydrogen) atoms. The molecule has 0 unspecified atom stereocenters. The van der Waals surface area contributed by atoms with Crippen molar-refractivity contribution in [2.45, 2.75) is 25.7 Å². The summed E-state index contributed by atoms with van der Waals surface area (Å²) in [6.45, 7) is 0.828. The summed E-state index contributed by atoms with van der Waals surface area (Å²) in [4.78, 5) is 0. The van der Waals surface area contributed by atoms with E-state index < -0.39 is 0 Å². The molecule has 74 valence electrons. The average molecular weight is 180 g/mol. The lowest BCUT2D eigenvalue weighted by atomic mass is 10.1. The zero-order valence-corrected chi connectivity index (χ0v) is 8.21. The largest absolute Gasteiger partial charge is 0.344 e. The third kappa shape index (κ3) is 5.39. The second-order valence-corrected chi connectivity index (χ2v) is 3.08. The van der Waals surface area contributed by atoms with Crippen molar-refractivity contribution in [1.82, 2.24) is 6.15 Å². The van der Waals surface area contributed by atoms with Crippen LogP contribution >= 0.6 is 0 Å². The second-order valence-electron chi connectivity index (χ2n) is 3.08. The van der Waals surface area contributed by atoms with Crippen LogP contribution in [0.4, 0.5) is 0 Å². The lowest BCUT2D eigenvalue weighted by Gasteiger charge is -1.99. The molecule has 0 bridgehead atoms. The Kier molecular flexibility index (Phi) is 7.26. The summed E-state index contributed by atoms with van der Waals surface area (Å²) in [6, 6.07) is 10.6. The summed E-state index contributed by atoms with van der Waals surface area (Å²) in [5.41, 5.74) is 6.85. The summed E-state index contributed by atoms with van der Waals surface area (Å²) in [7, 11) is 0. The van der Waals surface area contributed by atoms with Gasteiger partial charge in [-0.1, -0.05) is 36.8 Å². The van der Waals surface area contributed by atoms with Crippen LogP contribution in [0.2, 0.25) is 0 Å². The maximum absolute atomic E-state index is 5.41. The Labute approximate surface area is 80.7 Å². The molecular weight excluding hydrogens is 160 g/mol. The zero-order valence-electron chi connectivity index (χ0n) is 8.21. The molecule has 2 nitrogen and oxygen atoms in total. The van der Waals surface area contributed by atoms with Crippen molar-refractivity contribution < 1.29 is 0 Å². The van der Waals surface area contributed by atoms with Gasteiger partial charge in [0.1, 0.15) is 0 Å². The van der Waals surface area contributed by atoms with Crippen molar-refractivity contribution in [2.75, 3.05) is 6.54 Å². The van der Waals surface area contributed by atoms with Crippen molar-refractivity contribution >= 4 is 0 Å². The summed E-state index contributed by atoms with van der Waals surface area (Å²) >= 11 is 0. The van der Waals surface area contributed by atoms with E-state index in [0.29, 0.717) is 0 Å². The molecule has 1 aromatic rings. The monoisotopic (exact) mass is 180 g/mol. The van der Waals surface area contributed by atoms with E-state index in [0.717, 1.165) is 13.0 Å². The van der Waals surface area contributed by atoms with Gasteiger partial charge in [-0.05, 0) is 31.4 Å². The van der Waals surface area contributed by atoms with Crippen molar-refractivity contribution in [1.29, 1.82) is 0 Å². The molecule has 0 aliphatic carbocycles. The number of hydrogen-bond acceptors (Lipinski definition) is 2. The Morgan fingerprint density at radius 2 is 1.62 bits per heavy atom. The standard InChI is InChI=1S/C11H17N.H3N/c12-10-6-2-5-9-11-7-3-1-4-8-11;/h1,3-4,7-8H,2,5-6,9-10,12H2;1H3. The highest BCUT2D eigenvalue weighted by Crippen LogP contribution is 2.05. The van der Waals surface area contributed by atoms with Crippen LogP contribution in [0, 0.1) is 0 Å². The van der Waals surface area contributed by atoms with Gasteiger partial charge in [-0.2, -0.15) is 0 Å². The molecule has 0 saturated heterocycles. The van der Waals surface area contributed by atoms with Gasteiger partial charge in [0.15, 0.2) is 0 Å². The smallest absolute Gasteiger partial charge is 0.00773 e. The second kappa shape index (κ2) is 7.77. The van der Waals surface area contributed by atoms with Gasteiger partial charge in [-0.15, -0.1) is 0 Å². The summed E-state index contributed by atoms with van der Waals surface area (Å²) in [6.07, 6.45) is 4.88. The number of nitrogens with two attached hydrogens (primary N) is 1. The van der Waals surface area contributed by atoms with E-state index >= 15 is 0 Å². The Morgan fingerprint density at radius 1 is 0.923 bits per heavy atom. The van der Waals surface area contributed by atoms with Crippen LogP contribution in [0.25, 0.3) is 0 Å². The molecular formula is C11H20N2. The van der Waals surface area contributed by atoms with E-state index in [-0.39, 0.29) is 6.15 Å². The van der Waals surface area contributed by atoms with Crippen molar-refractivity contribution in [3.8, 4) is 0 Å². The Hall–Kier alpha value is -0.860. The Bertz CT molecular complexity index is 197. The van der Waals surface area contributed by atoms with Gasteiger partial charge in [0.25, 0.3) is 0 Å². The minimum Gasteiger partial charge on any atom is -0.344 e.